The lowest BCUT2D eigenvalue weighted by Crippen LogP contribution is -2.29. The van der Waals surface area contributed by atoms with Gasteiger partial charge in [0.1, 0.15) is 0 Å². The molecule has 0 saturated carbocycles. The molecule has 2 aromatic rings. The van der Waals surface area contributed by atoms with Gasteiger partial charge in [0.05, 0.1) is 21.6 Å². The van der Waals surface area contributed by atoms with E-state index in [1.165, 1.54) is 0 Å². The van der Waals surface area contributed by atoms with E-state index < -0.39 is 0 Å². The highest BCUT2D eigenvalue weighted by molar-refractivity contribution is 7.18. The number of aromatic nitrogens is 1. The van der Waals surface area contributed by atoms with Crippen LogP contribution in [0.2, 0.25) is 0 Å². The topological polar surface area (TPSA) is 68.3 Å². The van der Waals surface area contributed by atoms with E-state index in [0.717, 1.165) is 21.6 Å². The predicted molar refractivity (Wildman–Crippen MR) is 82.2 cm³/mol. The molecule has 0 aliphatic heterocycles. The van der Waals surface area contributed by atoms with Gasteiger partial charge in [-0.05, 0) is 18.6 Å². The van der Waals surface area contributed by atoms with Crippen LogP contribution in [0.15, 0.2) is 24.3 Å². The molecular weight excluding hydrogens is 288 g/mol. The maximum absolute atomic E-state index is 11.6. The Kier molecular flexibility index (Phi) is 5.68. The van der Waals surface area contributed by atoms with Gasteiger partial charge in [-0.2, -0.15) is 0 Å². The molecule has 0 aliphatic rings. The second-order valence-electron chi connectivity index (χ2n) is 4.59. The van der Waals surface area contributed by atoms with Crippen LogP contribution in [-0.4, -0.2) is 30.0 Å². The average Bonchev–Trinajstić information content (AvgIpc) is 2.91. The number of aryl methyl sites for hydroxylation is 1. The fourth-order valence-corrected chi connectivity index (χ4v) is 2.74. The number of nitrogens with one attached hydrogen (secondary N) is 1. The van der Waals surface area contributed by atoms with Crippen molar-refractivity contribution in [2.75, 3.05) is 13.2 Å². The van der Waals surface area contributed by atoms with E-state index in [4.69, 9.17) is 4.74 Å². The van der Waals surface area contributed by atoms with Crippen LogP contribution < -0.4 is 5.32 Å². The quantitative estimate of drug-likeness (QED) is 0.797. The zero-order chi connectivity index (χ0) is 15.1. The summed E-state index contributed by atoms with van der Waals surface area (Å²) in [7, 11) is 0. The molecule has 1 aromatic heterocycles. The summed E-state index contributed by atoms with van der Waals surface area (Å²) in [5.41, 5.74) is 0.949. The molecule has 21 heavy (non-hydrogen) atoms. The van der Waals surface area contributed by atoms with Gasteiger partial charge in [0, 0.05) is 13.0 Å². The van der Waals surface area contributed by atoms with E-state index in [2.05, 4.69) is 10.3 Å². The molecule has 0 fully saturated rings. The van der Waals surface area contributed by atoms with Crippen LogP contribution in [0.5, 0.6) is 0 Å². The normalized spacial score (nSPS) is 10.5. The maximum atomic E-state index is 11.6. The van der Waals surface area contributed by atoms with Gasteiger partial charge >= 0.3 is 5.97 Å². The molecule has 0 spiro atoms. The molecule has 112 valence electrons. The fraction of sp³-hybridized carbons (Fsp3) is 0.400. The number of rotatable bonds is 7. The average molecular weight is 306 g/mol. The Balaban J connectivity index is 1.74. The maximum Gasteiger partial charge on any atom is 0.306 e. The minimum atomic E-state index is -0.374. The number of esters is 1. The van der Waals surface area contributed by atoms with E-state index in [9.17, 15) is 9.59 Å². The molecule has 0 aliphatic carbocycles. The van der Waals surface area contributed by atoms with E-state index in [1.807, 2.05) is 31.2 Å². The van der Waals surface area contributed by atoms with E-state index >= 15 is 0 Å². The van der Waals surface area contributed by atoms with Crippen molar-refractivity contribution < 1.29 is 14.3 Å². The number of fused-ring (bicyclic) bond motifs is 1. The molecule has 0 atom stereocenters. The Morgan fingerprint density at radius 1 is 1.33 bits per heavy atom. The van der Waals surface area contributed by atoms with Crippen LogP contribution in [0.3, 0.4) is 0 Å². The van der Waals surface area contributed by atoms with Crippen molar-refractivity contribution in [3.8, 4) is 0 Å². The minimum Gasteiger partial charge on any atom is -0.456 e. The first-order valence-corrected chi connectivity index (χ1v) is 7.77. The highest BCUT2D eigenvalue weighted by Crippen LogP contribution is 2.22. The molecule has 2 rings (SSSR count). The molecule has 1 aromatic carbocycles. The van der Waals surface area contributed by atoms with E-state index in [1.54, 1.807) is 11.3 Å². The Hall–Kier alpha value is -1.95. The zero-order valence-corrected chi connectivity index (χ0v) is 12.7. The first-order chi connectivity index (χ1) is 10.2. The Labute approximate surface area is 127 Å². The summed E-state index contributed by atoms with van der Waals surface area (Å²) in [6.45, 7) is 2.35. The number of hydrogen-bond donors (Lipinski definition) is 1. The molecule has 0 radical (unpaired) electrons. The van der Waals surface area contributed by atoms with Crippen molar-refractivity contribution in [3.05, 3.63) is 29.3 Å². The number of amides is 1. The van der Waals surface area contributed by atoms with Crippen molar-refractivity contribution in [2.45, 2.75) is 26.2 Å². The van der Waals surface area contributed by atoms with Gasteiger partial charge in [-0.1, -0.05) is 19.1 Å². The lowest BCUT2D eigenvalue weighted by molar-refractivity contribution is -0.148. The summed E-state index contributed by atoms with van der Waals surface area (Å²) in [6.07, 6.45) is 1.63. The van der Waals surface area contributed by atoms with Gasteiger partial charge in [-0.25, -0.2) is 4.98 Å². The first kappa shape index (κ1) is 15.4. The molecule has 0 unspecified atom stereocenters. The number of carbonyl (C=O) groups is 2. The summed E-state index contributed by atoms with van der Waals surface area (Å²) < 4.78 is 6.03. The number of nitrogens with zero attached hydrogens (tertiary/aromatic N) is 1. The number of hydrogen-bond acceptors (Lipinski definition) is 5. The van der Waals surface area contributed by atoms with Gasteiger partial charge in [0.25, 0.3) is 5.91 Å². The van der Waals surface area contributed by atoms with Crippen LogP contribution in [0.1, 0.15) is 24.8 Å². The first-order valence-electron chi connectivity index (χ1n) is 6.96. The van der Waals surface area contributed by atoms with Crippen LogP contribution in [0, 0.1) is 0 Å². The third-order valence-electron chi connectivity index (χ3n) is 2.82. The lowest BCUT2D eigenvalue weighted by atomic mass is 10.3. The number of carbonyl (C=O) groups excluding carboxylic acids is 2. The third-order valence-corrected chi connectivity index (χ3v) is 3.91. The van der Waals surface area contributed by atoms with Gasteiger partial charge in [0.15, 0.2) is 6.61 Å². The van der Waals surface area contributed by atoms with Gasteiger partial charge < -0.3 is 10.1 Å². The second-order valence-corrected chi connectivity index (χ2v) is 5.70. The summed E-state index contributed by atoms with van der Waals surface area (Å²) in [5.74, 6) is -0.633. The highest BCUT2D eigenvalue weighted by atomic mass is 32.1. The van der Waals surface area contributed by atoms with E-state index in [-0.39, 0.29) is 24.9 Å². The fourth-order valence-electron chi connectivity index (χ4n) is 1.77. The largest absolute Gasteiger partial charge is 0.456 e. The number of thiazole rings is 1. The molecule has 0 saturated heterocycles. The van der Waals surface area contributed by atoms with E-state index in [0.29, 0.717) is 13.0 Å². The number of benzene rings is 1. The van der Waals surface area contributed by atoms with Crippen molar-refractivity contribution >= 4 is 33.4 Å². The molecule has 0 bridgehead atoms. The summed E-state index contributed by atoms with van der Waals surface area (Å²) in [4.78, 5) is 27.3. The number of ether oxygens (including phenoxy) is 1. The third kappa shape index (κ3) is 4.82. The Bertz CT molecular complexity index is 591. The van der Waals surface area contributed by atoms with Gasteiger partial charge in [0.2, 0.25) is 0 Å². The molecule has 5 nitrogen and oxygen atoms in total. The van der Waals surface area contributed by atoms with Gasteiger partial charge in [-0.3, -0.25) is 9.59 Å². The van der Waals surface area contributed by atoms with Crippen molar-refractivity contribution in [2.24, 2.45) is 0 Å². The Morgan fingerprint density at radius 3 is 2.90 bits per heavy atom. The number of para-hydroxylation sites is 1. The molecule has 1 N–H and O–H groups in total. The SMILES string of the molecule is CCCNC(=O)COC(=O)CCc1nc2ccccc2s1. The summed E-state index contributed by atoms with van der Waals surface area (Å²) in [6, 6.07) is 7.86. The van der Waals surface area contributed by atoms with Crippen molar-refractivity contribution in [3.63, 3.8) is 0 Å². The molecular formula is C15H18N2O3S. The lowest BCUT2D eigenvalue weighted by Gasteiger charge is -2.04. The minimum absolute atomic E-state index is 0.210. The Morgan fingerprint density at radius 2 is 2.14 bits per heavy atom. The second kappa shape index (κ2) is 7.73. The molecule has 6 heteroatoms. The summed E-state index contributed by atoms with van der Waals surface area (Å²) >= 11 is 1.58. The van der Waals surface area contributed by atoms with Gasteiger partial charge in [-0.15, -0.1) is 11.3 Å². The van der Waals surface area contributed by atoms with Crippen LogP contribution in [0.25, 0.3) is 10.2 Å². The smallest absolute Gasteiger partial charge is 0.306 e. The summed E-state index contributed by atoms with van der Waals surface area (Å²) in [5, 5.41) is 3.56. The molecule has 1 heterocycles. The monoisotopic (exact) mass is 306 g/mol. The highest BCUT2D eigenvalue weighted by Gasteiger charge is 2.09. The predicted octanol–water partition coefficient (Wildman–Crippen LogP) is 2.30. The standard InChI is InChI=1S/C15H18N2O3S/c1-2-9-16-13(18)10-20-15(19)8-7-14-17-11-5-3-4-6-12(11)21-14/h3-6H,2,7-10H2,1H3,(H,16,18). The van der Waals surface area contributed by atoms with Crippen molar-refractivity contribution in [1.29, 1.82) is 0 Å². The van der Waals surface area contributed by atoms with Crippen LogP contribution in [-0.2, 0) is 20.7 Å². The zero-order valence-electron chi connectivity index (χ0n) is 11.9. The van der Waals surface area contributed by atoms with Crippen molar-refractivity contribution in [1.82, 2.24) is 10.3 Å². The molecule has 1 amide bonds. The van der Waals surface area contributed by atoms with Crippen LogP contribution in [0.4, 0.5) is 0 Å². The van der Waals surface area contributed by atoms with Crippen LogP contribution >= 0.6 is 11.3 Å².